The van der Waals surface area contributed by atoms with Crippen molar-refractivity contribution in [2.75, 3.05) is 32.3 Å². The highest BCUT2D eigenvalue weighted by atomic mass is 79.9. The minimum absolute atomic E-state index is 0.130. The first-order valence-corrected chi connectivity index (χ1v) is 15.6. The average molecular weight is 675 g/mol. The Balaban J connectivity index is 1.73. The number of halogens is 1. The van der Waals surface area contributed by atoms with Gasteiger partial charge < -0.3 is 19.1 Å². The van der Waals surface area contributed by atoms with E-state index in [4.69, 9.17) is 19.2 Å². The number of carbonyl (C=O) groups is 2. The summed E-state index contributed by atoms with van der Waals surface area (Å²) >= 11 is 4.65. The second-order valence-corrected chi connectivity index (χ2v) is 11.8. The molecule has 1 atom stereocenters. The first-order valence-electron chi connectivity index (χ1n) is 14.0. The zero-order valence-corrected chi connectivity index (χ0v) is 26.8. The lowest BCUT2D eigenvalue weighted by Gasteiger charge is -2.26. The molecule has 11 heteroatoms. The van der Waals surface area contributed by atoms with Crippen LogP contribution in [0.1, 0.15) is 36.6 Å². The minimum Gasteiger partial charge on any atom is -0.493 e. The number of likely N-dealkylation sites (N-methyl/N-ethyl adjacent to an activating group) is 1. The monoisotopic (exact) mass is 673 g/mol. The molecule has 0 fully saturated rings. The van der Waals surface area contributed by atoms with Crippen molar-refractivity contribution in [1.82, 2.24) is 4.57 Å². The molecule has 6 rings (SSSR count). The molecule has 0 radical (unpaired) electrons. The zero-order valence-electron chi connectivity index (χ0n) is 24.4. The van der Waals surface area contributed by atoms with E-state index >= 15 is 0 Å². The van der Waals surface area contributed by atoms with Crippen molar-refractivity contribution >= 4 is 56.1 Å². The molecule has 1 aromatic heterocycles. The molecule has 9 nitrogen and oxygen atoms in total. The topological polar surface area (TPSA) is 99.4 Å². The Hall–Kier alpha value is -4.48. The van der Waals surface area contributed by atoms with E-state index in [2.05, 4.69) is 15.9 Å². The average Bonchev–Trinajstić information content (AvgIpc) is 3.51. The number of thiazole rings is 1. The molecule has 0 N–H and O–H groups in total. The highest BCUT2D eigenvalue weighted by molar-refractivity contribution is 9.10. The van der Waals surface area contributed by atoms with Crippen LogP contribution in [-0.2, 0) is 14.3 Å². The number of anilines is 1. The van der Waals surface area contributed by atoms with Gasteiger partial charge in [0.1, 0.15) is 4.53 Å². The Morgan fingerprint density at radius 1 is 0.977 bits per heavy atom. The predicted octanol–water partition coefficient (Wildman–Crippen LogP) is 4.45. The van der Waals surface area contributed by atoms with Gasteiger partial charge in [-0.2, -0.15) is 0 Å². The molecular formula is C33H28BrN3O6S. The molecule has 2 aliphatic rings. The summed E-state index contributed by atoms with van der Waals surface area (Å²) in [6.07, 6.45) is 0. The van der Waals surface area contributed by atoms with Crippen LogP contribution in [0.15, 0.2) is 86.6 Å². The van der Waals surface area contributed by atoms with Crippen LogP contribution < -0.4 is 29.3 Å². The van der Waals surface area contributed by atoms with E-state index in [1.807, 2.05) is 55.5 Å². The Morgan fingerprint density at radius 2 is 1.73 bits per heavy atom. The number of ether oxygens (including phenoxy) is 3. The van der Waals surface area contributed by atoms with Crippen molar-refractivity contribution in [2.24, 2.45) is 4.99 Å². The lowest BCUT2D eigenvalue weighted by Crippen LogP contribution is -2.41. The van der Waals surface area contributed by atoms with Crippen molar-refractivity contribution in [1.29, 1.82) is 0 Å². The van der Waals surface area contributed by atoms with Crippen molar-refractivity contribution in [3.8, 4) is 11.5 Å². The maximum absolute atomic E-state index is 14.5. The van der Waals surface area contributed by atoms with Gasteiger partial charge in [0.15, 0.2) is 16.3 Å². The number of esters is 1. The van der Waals surface area contributed by atoms with Crippen LogP contribution in [0.4, 0.5) is 5.69 Å². The van der Waals surface area contributed by atoms with Gasteiger partial charge in [-0.05, 0) is 49.7 Å². The smallest absolute Gasteiger partial charge is 0.338 e. The molecule has 0 unspecified atom stereocenters. The van der Waals surface area contributed by atoms with Gasteiger partial charge in [-0.15, -0.1) is 0 Å². The highest BCUT2D eigenvalue weighted by Crippen LogP contribution is 2.40. The number of rotatable bonds is 7. The summed E-state index contributed by atoms with van der Waals surface area (Å²) in [6, 6.07) is 19.2. The number of nitrogens with zero attached hydrogens (tertiary/aromatic N) is 3. The van der Waals surface area contributed by atoms with E-state index in [0.717, 1.165) is 21.5 Å². The van der Waals surface area contributed by atoms with E-state index < -0.39 is 17.6 Å². The summed E-state index contributed by atoms with van der Waals surface area (Å²) in [6.45, 7) is 4.19. The van der Waals surface area contributed by atoms with E-state index in [1.165, 1.54) is 18.8 Å². The standard InChI is InChI=1S/C33H28BrN3O6S/c1-5-36-22-14-13-20(34)17-21(22)25(30(36)38)29-31(39)37-28(19-12-15-23(41-3)24(16-19)42-4)26(32(40)43-6-2)27(35-33(37)44-29)18-10-8-7-9-11-18/h7-17,28H,5-6H2,1-4H3/b29-25+/t28-/m0/s1. The summed E-state index contributed by atoms with van der Waals surface area (Å²) in [5.41, 5.74) is 3.12. The number of hydrogen-bond donors (Lipinski definition) is 0. The maximum Gasteiger partial charge on any atom is 0.338 e. The molecule has 3 heterocycles. The van der Waals surface area contributed by atoms with Crippen molar-refractivity contribution in [3.63, 3.8) is 0 Å². The first-order chi connectivity index (χ1) is 21.3. The summed E-state index contributed by atoms with van der Waals surface area (Å²) in [7, 11) is 3.06. The van der Waals surface area contributed by atoms with Crippen molar-refractivity contribution in [3.05, 3.63) is 113 Å². The highest BCUT2D eigenvalue weighted by Gasteiger charge is 2.38. The van der Waals surface area contributed by atoms with Gasteiger partial charge in [-0.25, -0.2) is 9.79 Å². The number of benzene rings is 3. The predicted molar refractivity (Wildman–Crippen MR) is 172 cm³/mol. The lowest BCUT2D eigenvalue weighted by molar-refractivity contribution is -0.138. The molecule has 2 aliphatic heterocycles. The Morgan fingerprint density at radius 3 is 2.41 bits per heavy atom. The quantitative estimate of drug-likeness (QED) is 0.269. The number of fused-ring (bicyclic) bond motifs is 2. The van der Waals surface area contributed by atoms with Crippen LogP contribution in [0.3, 0.4) is 0 Å². The van der Waals surface area contributed by atoms with E-state index in [-0.39, 0.29) is 22.6 Å². The molecule has 0 aliphatic carbocycles. The van der Waals surface area contributed by atoms with E-state index in [0.29, 0.717) is 50.8 Å². The Bertz CT molecular complexity index is 2030. The van der Waals surface area contributed by atoms with Crippen LogP contribution in [0.2, 0.25) is 0 Å². The molecule has 224 valence electrons. The Labute approximate surface area is 265 Å². The number of amides is 1. The molecule has 3 aromatic carbocycles. The Kier molecular flexibility index (Phi) is 8.00. The normalized spacial score (nSPS) is 16.8. The minimum atomic E-state index is -0.935. The number of methoxy groups -OCH3 is 2. The summed E-state index contributed by atoms with van der Waals surface area (Å²) < 4.78 is 19.1. The molecule has 0 saturated carbocycles. The third kappa shape index (κ3) is 4.76. The molecular weight excluding hydrogens is 646 g/mol. The zero-order chi connectivity index (χ0) is 31.1. The fourth-order valence-electron chi connectivity index (χ4n) is 5.67. The SMILES string of the molecule is CCOC(=O)C1=C(c2ccccc2)N=c2s/c(=C3/C(=O)N(CC)c4ccc(Br)cc43)c(=O)n2[C@H]1c1ccc(OC)c(OC)c1. The summed E-state index contributed by atoms with van der Waals surface area (Å²) in [5.74, 6) is 0.0617. The number of aromatic nitrogens is 1. The van der Waals surface area contributed by atoms with Gasteiger partial charge >= 0.3 is 5.97 Å². The van der Waals surface area contributed by atoms with Crippen LogP contribution in [-0.4, -0.2) is 43.8 Å². The van der Waals surface area contributed by atoms with Crippen LogP contribution in [0, 0.1) is 0 Å². The third-order valence-corrected chi connectivity index (χ3v) is 9.14. The molecule has 4 aromatic rings. The first kappa shape index (κ1) is 29.6. The van der Waals surface area contributed by atoms with Gasteiger partial charge in [0.2, 0.25) is 0 Å². The second-order valence-electron chi connectivity index (χ2n) is 9.95. The largest absolute Gasteiger partial charge is 0.493 e. The molecule has 0 bridgehead atoms. The molecule has 0 saturated heterocycles. The summed E-state index contributed by atoms with van der Waals surface area (Å²) in [4.78, 5) is 49.0. The van der Waals surface area contributed by atoms with Gasteiger partial charge in [0, 0.05) is 22.1 Å². The number of carbonyl (C=O) groups excluding carboxylic acids is 2. The summed E-state index contributed by atoms with van der Waals surface area (Å²) in [5, 5.41) is 0. The van der Waals surface area contributed by atoms with E-state index in [1.54, 1.807) is 30.0 Å². The molecule has 44 heavy (non-hydrogen) atoms. The molecule has 0 spiro atoms. The lowest BCUT2D eigenvalue weighted by atomic mass is 9.93. The van der Waals surface area contributed by atoms with Gasteiger partial charge in [-0.1, -0.05) is 63.7 Å². The van der Waals surface area contributed by atoms with E-state index in [9.17, 15) is 14.4 Å². The third-order valence-electron chi connectivity index (χ3n) is 7.59. The molecule has 1 amide bonds. The fourth-order valence-corrected chi connectivity index (χ4v) is 7.12. The van der Waals surface area contributed by atoms with Crippen molar-refractivity contribution < 1.29 is 23.8 Å². The maximum atomic E-state index is 14.5. The second kappa shape index (κ2) is 11.9. The number of hydrogen-bond acceptors (Lipinski definition) is 8. The fraction of sp³-hybridized carbons (Fsp3) is 0.212. The van der Waals surface area contributed by atoms with Crippen LogP contribution in [0.5, 0.6) is 11.5 Å². The van der Waals surface area contributed by atoms with Crippen LogP contribution in [0.25, 0.3) is 11.3 Å². The van der Waals surface area contributed by atoms with Gasteiger partial charge in [0.25, 0.3) is 11.5 Å². The van der Waals surface area contributed by atoms with Crippen LogP contribution >= 0.6 is 27.3 Å². The van der Waals surface area contributed by atoms with Crippen molar-refractivity contribution in [2.45, 2.75) is 19.9 Å². The van der Waals surface area contributed by atoms with Gasteiger partial charge in [-0.3, -0.25) is 14.2 Å². The van der Waals surface area contributed by atoms with Gasteiger partial charge in [0.05, 0.1) is 49.4 Å².